The average molecular weight is 193 g/mol. The van der Waals surface area contributed by atoms with Crippen LogP contribution in [0.2, 0.25) is 0 Å². The minimum absolute atomic E-state index is 0.119. The Balaban J connectivity index is 2.22. The molecule has 0 amide bonds. The van der Waals surface area contributed by atoms with Crippen LogP contribution in [0.5, 0.6) is 0 Å². The van der Waals surface area contributed by atoms with Crippen LogP contribution in [-0.2, 0) is 12.6 Å². The highest BCUT2D eigenvalue weighted by atomic mass is 15.2. The first-order chi connectivity index (χ1) is 6.60. The van der Waals surface area contributed by atoms with E-state index in [4.69, 9.17) is 5.73 Å². The summed E-state index contributed by atoms with van der Waals surface area (Å²) in [4.78, 5) is 0. The Kier molecular flexibility index (Phi) is 2.35. The highest BCUT2D eigenvalue weighted by molar-refractivity contribution is 5.18. The predicted molar refractivity (Wildman–Crippen MR) is 56.7 cm³/mol. The molecule has 1 heterocycles. The monoisotopic (exact) mass is 193 g/mol. The van der Waals surface area contributed by atoms with E-state index >= 15 is 0 Å². The van der Waals surface area contributed by atoms with Crippen LogP contribution in [0.4, 0.5) is 0 Å². The number of rotatable bonds is 1. The van der Waals surface area contributed by atoms with Crippen molar-refractivity contribution in [3.8, 4) is 0 Å². The minimum Gasteiger partial charge on any atom is -0.321 e. The lowest BCUT2D eigenvalue weighted by Gasteiger charge is -2.36. The normalized spacial score (nSPS) is 33.2. The lowest BCUT2D eigenvalue weighted by atomic mass is 9.74. The summed E-state index contributed by atoms with van der Waals surface area (Å²) in [7, 11) is 1.94. The van der Waals surface area contributed by atoms with Crippen molar-refractivity contribution in [2.24, 2.45) is 18.7 Å². The van der Waals surface area contributed by atoms with Gasteiger partial charge in [0.25, 0.3) is 0 Å². The van der Waals surface area contributed by atoms with Crippen LogP contribution in [0.1, 0.15) is 38.2 Å². The average Bonchev–Trinajstić information content (AvgIpc) is 2.52. The summed E-state index contributed by atoms with van der Waals surface area (Å²) in [6.45, 7) is 2.29. The third-order valence-electron chi connectivity index (χ3n) is 3.31. The Hall–Kier alpha value is -0.830. The van der Waals surface area contributed by atoms with Crippen molar-refractivity contribution in [2.75, 3.05) is 0 Å². The van der Waals surface area contributed by atoms with E-state index in [1.807, 2.05) is 17.9 Å². The predicted octanol–water partition coefficient (Wildman–Crippen LogP) is 1.78. The fourth-order valence-corrected chi connectivity index (χ4v) is 2.53. The van der Waals surface area contributed by atoms with Crippen molar-refractivity contribution in [3.05, 3.63) is 18.0 Å². The Labute approximate surface area is 85.3 Å². The zero-order valence-corrected chi connectivity index (χ0v) is 9.03. The summed E-state index contributed by atoms with van der Waals surface area (Å²) in [5.74, 6) is 0.744. The molecule has 1 aliphatic carbocycles. The molecule has 1 aromatic rings. The second-order valence-electron chi connectivity index (χ2n) is 4.76. The highest BCUT2D eigenvalue weighted by Gasteiger charge is 2.33. The molecule has 1 aromatic heterocycles. The van der Waals surface area contributed by atoms with E-state index in [-0.39, 0.29) is 5.54 Å². The van der Waals surface area contributed by atoms with E-state index in [1.54, 1.807) is 0 Å². The van der Waals surface area contributed by atoms with Crippen molar-refractivity contribution in [3.63, 3.8) is 0 Å². The summed E-state index contributed by atoms with van der Waals surface area (Å²) in [6.07, 6.45) is 8.73. The van der Waals surface area contributed by atoms with Gasteiger partial charge in [-0.1, -0.05) is 19.8 Å². The zero-order valence-electron chi connectivity index (χ0n) is 9.03. The van der Waals surface area contributed by atoms with Crippen molar-refractivity contribution in [2.45, 2.75) is 38.1 Å². The lowest BCUT2D eigenvalue weighted by Crippen LogP contribution is -2.40. The van der Waals surface area contributed by atoms with Gasteiger partial charge in [-0.3, -0.25) is 4.68 Å². The maximum absolute atomic E-state index is 6.43. The molecule has 2 unspecified atom stereocenters. The SMILES string of the molecule is CC1CCCC(N)(c2cnn(C)c2)C1. The molecular formula is C11H19N3. The molecule has 1 saturated carbocycles. The topological polar surface area (TPSA) is 43.8 Å². The number of hydrogen-bond donors (Lipinski definition) is 1. The molecule has 0 aromatic carbocycles. The Morgan fingerprint density at radius 3 is 3.00 bits per heavy atom. The van der Waals surface area contributed by atoms with Crippen molar-refractivity contribution in [1.29, 1.82) is 0 Å². The summed E-state index contributed by atoms with van der Waals surface area (Å²) in [5.41, 5.74) is 7.51. The Morgan fingerprint density at radius 2 is 2.43 bits per heavy atom. The van der Waals surface area contributed by atoms with E-state index < -0.39 is 0 Å². The van der Waals surface area contributed by atoms with Gasteiger partial charge in [-0.05, 0) is 18.8 Å². The molecule has 78 valence electrons. The molecule has 1 fully saturated rings. The number of aryl methyl sites for hydroxylation is 1. The van der Waals surface area contributed by atoms with Crippen LogP contribution in [0.15, 0.2) is 12.4 Å². The summed E-state index contributed by atoms with van der Waals surface area (Å²) >= 11 is 0. The van der Waals surface area contributed by atoms with Gasteiger partial charge in [0.15, 0.2) is 0 Å². The van der Waals surface area contributed by atoms with Crippen LogP contribution < -0.4 is 5.73 Å². The number of aromatic nitrogens is 2. The summed E-state index contributed by atoms with van der Waals surface area (Å²) in [6, 6.07) is 0. The van der Waals surface area contributed by atoms with Crippen LogP contribution in [0.3, 0.4) is 0 Å². The van der Waals surface area contributed by atoms with E-state index in [2.05, 4.69) is 18.2 Å². The fourth-order valence-electron chi connectivity index (χ4n) is 2.53. The van der Waals surface area contributed by atoms with Gasteiger partial charge in [0.05, 0.1) is 6.20 Å². The first-order valence-electron chi connectivity index (χ1n) is 5.38. The fraction of sp³-hybridized carbons (Fsp3) is 0.727. The molecule has 2 N–H and O–H groups in total. The van der Waals surface area contributed by atoms with Gasteiger partial charge >= 0.3 is 0 Å². The molecular weight excluding hydrogens is 174 g/mol. The lowest BCUT2D eigenvalue weighted by molar-refractivity contribution is 0.239. The third-order valence-corrected chi connectivity index (χ3v) is 3.31. The molecule has 0 spiro atoms. The van der Waals surface area contributed by atoms with Gasteiger partial charge in [0.2, 0.25) is 0 Å². The number of hydrogen-bond acceptors (Lipinski definition) is 2. The van der Waals surface area contributed by atoms with Gasteiger partial charge in [-0.25, -0.2) is 0 Å². The molecule has 14 heavy (non-hydrogen) atoms. The van der Waals surface area contributed by atoms with Crippen LogP contribution in [0.25, 0.3) is 0 Å². The van der Waals surface area contributed by atoms with Crippen LogP contribution in [-0.4, -0.2) is 9.78 Å². The molecule has 0 saturated heterocycles. The largest absolute Gasteiger partial charge is 0.321 e. The van der Waals surface area contributed by atoms with Crippen molar-refractivity contribution >= 4 is 0 Å². The molecule has 2 rings (SSSR count). The van der Waals surface area contributed by atoms with Crippen LogP contribution in [0, 0.1) is 5.92 Å². The van der Waals surface area contributed by atoms with Gasteiger partial charge in [0.1, 0.15) is 0 Å². The van der Waals surface area contributed by atoms with E-state index in [0.29, 0.717) is 0 Å². The summed E-state index contributed by atoms with van der Waals surface area (Å²) < 4.78 is 1.84. The molecule has 3 heteroatoms. The first kappa shape index (κ1) is 9.71. The molecule has 1 aliphatic rings. The van der Waals surface area contributed by atoms with E-state index in [1.165, 1.54) is 18.4 Å². The molecule has 2 atom stereocenters. The highest BCUT2D eigenvalue weighted by Crippen LogP contribution is 2.37. The van der Waals surface area contributed by atoms with Gasteiger partial charge in [-0.2, -0.15) is 5.10 Å². The molecule has 0 bridgehead atoms. The van der Waals surface area contributed by atoms with Gasteiger partial charge in [-0.15, -0.1) is 0 Å². The maximum Gasteiger partial charge on any atom is 0.0540 e. The number of nitrogens with zero attached hydrogens (tertiary/aromatic N) is 2. The van der Waals surface area contributed by atoms with E-state index in [9.17, 15) is 0 Å². The van der Waals surface area contributed by atoms with E-state index in [0.717, 1.165) is 18.8 Å². The number of nitrogens with two attached hydrogens (primary N) is 1. The van der Waals surface area contributed by atoms with Crippen molar-refractivity contribution < 1.29 is 0 Å². The summed E-state index contributed by atoms with van der Waals surface area (Å²) in [5, 5.41) is 4.20. The zero-order chi connectivity index (χ0) is 10.2. The standard InChI is InChI=1S/C11H19N3/c1-9-4-3-5-11(12,6-9)10-7-13-14(2)8-10/h7-9H,3-6,12H2,1-2H3. The van der Waals surface area contributed by atoms with Crippen LogP contribution >= 0.6 is 0 Å². The first-order valence-corrected chi connectivity index (χ1v) is 5.38. The van der Waals surface area contributed by atoms with Crippen molar-refractivity contribution in [1.82, 2.24) is 9.78 Å². The van der Waals surface area contributed by atoms with Gasteiger partial charge in [0, 0.05) is 24.3 Å². The smallest absolute Gasteiger partial charge is 0.0540 e. The second-order valence-corrected chi connectivity index (χ2v) is 4.76. The quantitative estimate of drug-likeness (QED) is 0.739. The maximum atomic E-state index is 6.43. The molecule has 0 aliphatic heterocycles. The Bertz CT molecular complexity index is 318. The second kappa shape index (κ2) is 3.39. The molecule has 3 nitrogen and oxygen atoms in total. The third kappa shape index (κ3) is 1.69. The minimum atomic E-state index is -0.119. The van der Waals surface area contributed by atoms with Gasteiger partial charge < -0.3 is 5.73 Å². The molecule has 0 radical (unpaired) electrons. The Morgan fingerprint density at radius 1 is 1.64 bits per heavy atom.